The first-order chi connectivity index (χ1) is 13.6. The SMILES string of the molecule is CN(Cc1cscn1)C(=O)C1CC12CCN(Cc1ccc3nsnc3c1)CC2. The van der Waals surface area contributed by atoms with Gasteiger partial charge in [-0.15, -0.1) is 11.3 Å². The Morgan fingerprint density at radius 2 is 2.11 bits per heavy atom. The van der Waals surface area contributed by atoms with Crippen LogP contribution in [-0.4, -0.2) is 49.6 Å². The van der Waals surface area contributed by atoms with E-state index in [9.17, 15) is 4.79 Å². The molecule has 5 rings (SSSR count). The lowest BCUT2D eigenvalue weighted by molar-refractivity contribution is -0.133. The lowest BCUT2D eigenvalue weighted by Crippen LogP contribution is -2.37. The van der Waals surface area contributed by atoms with E-state index in [1.54, 1.807) is 11.3 Å². The van der Waals surface area contributed by atoms with E-state index in [1.165, 1.54) is 17.3 Å². The molecule has 3 aromatic rings. The highest BCUT2D eigenvalue weighted by molar-refractivity contribution is 7.07. The highest BCUT2D eigenvalue weighted by Crippen LogP contribution is 2.60. The van der Waals surface area contributed by atoms with Gasteiger partial charge < -0.3 is 4.90 Å². The van der Waals surface area contributed by atoms with Gasteiger partial charge in [0.1, 0.15) is 11.0 Å². The Morgan fingerprint density at radius 1 is 1.29 bits per heavy atom. The van der Waals surface area contributed by atoms with E-state index in [4.69, 9.17) is 0 Å². The van der Waals surface area contributed by atoms with Gasteiger partial charge in [0, 0.05) is 24.9 Å². The number of hydrogen-bond donors (Lipinski definition) is 0. The summed E-state index contributed by atoms with van der Waals surface area (Å²) in [6, 6.07) is 6.37. The van der Waals surface area contributed by atoms with Crippen LogP contribution in [0.25, 0.3) is 11.0 Å². The summed E-state index contributed by atoms with van der Waals surface area (Å²) in [6.45, 7) is 3.70. The number of rotatable bonds is 5. The van der Waals surface area contributed by atoms with Crippen molar-refractivity contribution in [3.05, 3.63) is 40.3 Å². The zero-order chi connectivity index (χ0) is 19.1. The molecular formula is C20H23N5OS2. The average molecular weight is 414 g/mol. The highest BCUT2D eigenvalue weighted by Gasteiger charge is 2.58. The van der Waals surface area contributed by atoms with Gasteiger partial charge in [-0.25, -0.2) is 4.98 Å². The molecule has 1 aliphatic carbocycles. The predicted molar refractivity (Wildman–Crippen MR) is 111 cm³/mol. The summed E-state index contributed by atoms with van der Waals surface area (Å²) in [4.78, 5) is 21.5. The molecule has 0 radical (unpaired) electrons. The molecule has 1 atom stereocenters. The molecule has 0 N–H and O–H groups in total. The Balaban J connectivity index is 1.15. The fourth-order valence-corrected chi connectivity index (χ4v) is 5.56. The van der Waals surface area contributed by atoms with Crippen LogP contribution in [-0.2, 0) is 17.9 Å². The molecule has 1 saturated carbocycles. The number of thiazole rings is 1. The summed E-state index contributed by atoms with van der Waals surface area (Å²) < 4.78 is 8.62. The number of fused-ring (bicyclic) bond motifs is 1. The number of likely N-dealkylation sites (tertiary alicyclic amines) is 1. The Labute approximate surface area is 172 Å². The molecule has 146 valence electrons. The van der Waals surface area contributed by atoms with Gasteiger partial charge in [-0.05, 0) is 55.5 Å². The summed E-state index contributed by atoms with van der Waals surface area (Å²) in [6.07, 6.45) is 3.29. The van der Waals surface area contributed by atoms with Crippen molar-refractivity contribution in [1.29, 1.82) is 0 Å². The van der Waals surface area contributed by atoms with Gasteiger partial charge in [-0.3, -0.25) is 9.69 Å². The molecule has 3 heterocycles. The lowest BCUT2D eigenvalue weighted by Gasteiger charge is -2.33. The van der Waals surface area contributed by atoms with Crippen LogP contribution in [0.4, 0.5) is 0 Å². The number of carbonyl (C=O) groups excluding carboxylic acids is 1. The highest BCUT2D eigenvalue weighted by atomic mass is 32.1. The van der Waals surface area contributed by atoms with Gasteiger partial charge in [0.25, 0.3) is 0 Å². The number of amides is 1. The molecular weight excluding hydrogens is 390 g/mol. The van der Waals surface area contributed by atoms with Crippen molar-refractivity contribution in [3.63, 3.8) is 0 Å². The van der Waals surface area contributed by atoms with Crippen molar-refractivity contribution in [3.8, 4) is 0 Å². The van der Waals surface area contributed by atoms with Crippen LogP contribution in [0.2, 0.25) is 0 Å². The minimum Gasteiger partial charge on any atom is -0.340 e. The number of piperidine rings is 1. The normalized spacial score (nSPS) is 21.2. The second kappa shape index (κ2) is 7.17. The molecule has 2 aliphatic rings. The van der Waals surface area contributed by atoms with Crippen LogP contribution in [0, 0.1) is 11.3 Å². The van der Waals surface area contributed by atoms with Crippen molar-refractivity contribution in [2.75, 3.05) is 20.1 Å². The Morgan fingerprint density at radius 3 is 2.89 bits per heavy atom. The van der Waals surface area contributed by atoms with E-state index in [-0.39, 0.29) is 11.3 Å². The zero-order valence-corrected chi connectivity index (χ0v) is 17.5. The molecule has 1 unspecified atom stereocenters. The van der Waals surface area contributed by atoms with E-state index < -0.39 is 0 Å². The standard InChI is InChI=1S/C20H23N5OS2/c1-24(11-15-12-27-13-21-15)19(26)16-9-20(16)4-6-25(7-5-20)10-14-2-3-17-18(8-14)23-28-22-17/h2-3,8,12-13,16H,4-7,9-11H2,1H3. The molecule has 1 aromatic carbocycles. The number of aromatic nitrogens is 3. The summed E-state index contributed by atoms with van der Waals surface area (Å²) >= 11 is 2.85. The topological polar surface area (TPSA) is 62.2 Å². The van der Waals surface area contributed by atoms with E-state index in [0.717, 1.165) is 55.6 Å². The fourth-order valence-electron chi connectivity index (χ4n) is 4.49. The third-order valence-electron chi connectivity index (χ3n) is 6.32. The Hall–Kier alpha value is -1.90. The maximum atomic E-state index is 12.9. The largest absolute Gasteiger partial charge is 0.340 e. The van der Waals surface area contributed by atoms with Crippen molar-refractivity contribution in [2.45, 2.75) is 32.4 Å². The van der Waals surface area contributed by atoms with Crippen molar-refractivity contribution in [2.24, 2.45) is 11.3 Å². The van der Waals surface area contributed by atoms with Crippen LogP contribution in [0.5, 0.6) is 0 Å². The smallest absolute Gasteiger partial charge is 0.226 e. The zero-order valence-electron chi connectivity index (χ0n) is 15.9. The molecule has 6 nitrogen and oxygen atoms in total. The van der Waals surface area contributed by atoms with E-state index >= 15 is 0 Å². The molecule has 1 amide bonds. The van der Waals surface area contributed by atoms with Crippen LogP contribution in [0.3, 0.4) is 0 Å². The number of carbonyl (C=O) groups is 1. The summed E-state index contributed by atoms with van der Waals surface area (Å²) in [5.74, 6) is 0.499. The maximum absolute atomic E-state index is 12.9. The fraction of sp³-hybridized carbons (Fsp3) is 0.500. The first-order valence-corrected chi connectivity index (χ1v) is 11.4. The van der Waals surface area contributed by atoms with E-state index in [0.29, 0.717) is 12.5 Å². The van der Waals surface area contributed by atoms with Crippen molar-refractivity contribution >= 4 is 40.0 Å². The second-order valence-electron chi connectivity index (χ2n) is 8.16. The molecule has 2 fully saturated rings. The second-order valence-corrected chi connectivity index (χ2v) is 9.40. The predicted octanol–water partition coefficient (Wildman–Crippen LogP) is 3.41. The summed E-state index contributed by atoms with van der Waals surface area (Å²) in [7, 11) is 1.91. The maximum Gasteiger partial charge on any atom is 0.226 e. The van der Waals surface area contributed by atoms with Gasteiger partial charge in [-0.1, -0.05) is 6.07 Å². The average Bonchev–Trinajstić information content (AvgIpc) is 3.07. The monoisotopic (exact) mass is 413 g/mol. The number of benzene rings is 1. The third-order valence-corrected chi connectivity index (χ3v) is 7.51. The minimum absolute atomic E-state index is 0.204. The summed E-state index contributed by atoms with van der Waals surface area (Å²) in [5, 5.41) is 2.02. The molecule has 8 heteroatoms. The van der Waals surface area contributed by atoms with Gasteiger partial charge in [0.05, 0.1) is 29.5 Å². The first-order valence-electron chi connectivity index (χ1n) is 9.69. The molecule has 0 bridgehead atoms. The third kappa shape index (κ3) is 3.44. The molecule has 2 aromatic heterocycles. The van der Waals surface area contributed by atoms with Gasteiger partial charge >= 0.3 is 0 Å². The molecule has 28 heavy (non-hydrogen) atoms. The molecule has 1 aliphatic heterocycles. The van der Waals surface area contributed by atoms with Gasteiger partial charge in [-0.2, -0.15) is 8.75 Å². The van der Waals surface area contributed by atoms with E-state index in [2.05, 4.69) is 36.8 Å². The summed E-state index contributed by atoms with van der Waals surface area (Å²) in [5.41, 5.74) is 6.32. The van der Waals surface area contributed by atoms with Gasteiger partial charge in [0.2, 0.25) is 5.91 Å². The Kier molecular flexibility index (Phi) is 4.65. The van der Waals surface area contributed by atoms with Crippen LogP contribution >= 0.6 is 23.1 Å². The first kappa shape index (κ1) is 18.1. The van der Waals surface area contributed by atoms with Crippen LogP contribution < -0.4 is 0 Å². The Bertz CT molecular complexity index is 978. The number of hydrogen-bond acceptors (Lipinski definition) is 7. The van der Waals surface area contributed by atoms with Crippen LogP contribution in [0.15, 0.2) is 29.1 Å². The van der Waals surface area contributed by atoms with Crippen molar-refractivity contribution < 1.29 is 4.79 Å². The quantitative estimate of drug-likeness (QED) is 0.641. The van der Waals surface area contributed by atoms with Crippen molar-refractivity contribution in [1.82, 2.24) is 23.5 Å². The lowest BCUT2D eigenvalue weighted by atomic mass is 9.90. The van der Waals surface area contributed by atoms with Crippen LogP contribution in [0.1, 0.15) is 30.5 Å². The molecule has 1 saturated heterocycles. The van der Waals surface area contributed by atoms with E-state index in [1.807, 2.05) is 22.8 Å². The van der Waals surface area contributed by atoms with Gasteiger partial charge in [0.15, 0.2) is 0 Å². The number of nitrogens with zero attached hydrogens (tertiary/aromatic N) is 5. The minimum atomic E-state index is 0.204. The molecule has 1 spiro atoms.